The van der Waals surface area contributed by atoms with Crippen LogP contribution in [0.3, 0.4) is 0 Å². The minimum Gasteiger partial charge on any atom is -0.349 e. The van der Waals surface area contributed by atoms with Crippen LogP contribution >= 0.6 is 0 Å². The van der Waals surface area contributed by atoms with Gasteiger partial charge in [-0.25, -0.2) is 13.9 Å². The first-order chi connectivity index (χ1) is 15.1. The Morgan fingerprint density at radius 2 is 2.19 bits per heavy atom. The van der Waals surface area contributed by atoms with E-state index >= 15 is 0 Å². The Morgan fingerprint density at radius 3 is 3.03 bits per heavy atom. The second-order valence-corrected chi connectivity index (χ2v) is 7.70. The number of anilines is 2. The third kappa shape index (κ3) is 3.74. The predicted molar refractivity (Wildman–Crippen MR) is 117 cm³/mol. The van der Waals surface area contributed by atoms with Crippen molar-refractivity contribution in [3.8, 4) is 0 Å². The van der Waals surface area contributed by atoms with E-state index < -0.39 is 0 Å². The summed E-state index contributed by atoms with van der Waals surface area (Å²) in [4.78, 5) is 19.6. The highest BCUT2D eigenvalue weighted by Crippen LogP contribution is 2.35. The van der Waals surface area contributed by atoms with Crippen molar-refractivity contribution in [1.82, 2.24) is 19.6 Å². The van der Waals surface area contributed by atoms with Gasteiger partial charge < -0.3 is 10.2 Å². The Balaban J connectivity index is 1.43. The van der Waals surface area contributed by atoms with E-state index in [4.69, 9.17) is 4.98 Å². The lowest BCUT2D eigenvalue weighted by Gasteiger charge is -2.26. The number of fused-ring (bicyclic) bond motifs is 1. The molecule has 0 saturated carbocycles. The molecule has 2 aliphatic heterocycles. The molecule has 4 heterocycles. The standard InChI is InChI=1S/C22H22FN7O/c1-28-10-3-7-17(27-28)22(31)25-18-14-24-30-12-9-20(26-21(18)30)29-11-4-8-19(29)15-5-2-6-16(23)13-15/h2-3,5-7,9,12-14,19H,4,8,10-11H2,1H3,(H,25,31)/t19-/m1/s1. The molecule has 1 fully saturated rings. The van der Waals surface area contributed by atoms with Gasteiger partial charge in [-0.05, 0) is 42.7 Å². The first-order valence-electron chi connectivity index (χ1n) is 10.2. The van der Waals surface area contributed by atoms with Crippen molar-refractivity contribution in [2.24, 2.45) is 5.10 Å². The summed E-state index contributed by atoms with van der Waals surface area (Å²) in [6, 6.07) is 8.68. The van der Waals surface area contributed by atoms with Crippen LogP contribution in [0.4, 0.5) is 15.9 Å². The van der Waals surface area contributed by atoms with Gasteiger partial charge in [-0.1, -0.05) is 18.2 Å². The fourth-order valence-corrected chi connectivity index (χ4v) is 4.09. The summed E-state index contributed by atoms with van der Waals surface area (Å²) in [6.45, 7) is 1.49. The van der Waals surface area contributed by atoms with Gasteiger partial charge in [0, 0.05) is 19.8 Å². The number of nitrogens with zero attached hydrogens (tertiary/aromatic N) is 6. The molecule has 3 aromatic rings. The summed E-state index contributed by atoms with van der Waals surface area (Å²) in [7, 11) is 1.81. The minimum absolute atomic E-state index is 0.0591. The molecule has 0 radical (unpaired) electrons. The monoisotopic (exact) mass is 419 g/mol. The summed E-state index contributed by atoms with van der Waals surface area (Å²) >= 11 is 0. The van der Waals surface area contributed by atoms with Crippen LogP contribution in [0.15, 0.2) is 60.0 Å². The molecule has 1 amide bonds. The van der Waals surface area contributed by atoms with Crippen LogP contribution in [0.2, 0.25) is 0 Å². The van der Waals surface area contributed by atoms with Crippen molar-refractivity contribution >= 4 is 28.8 Å². The van der Waals surface area contributed by atoms with Gasteiger partial charge in [0.15, 0.2) is 5.65 Å². The topological polar surface area (TPSA) is 78.1 Å². The Bertz CT molecular complexity index is 1200. The molecular formula is C22H22FN7O. The van der Waals surface area contributed by atoms with E-state index in [0.29, 0.717) is 23.6 Å². The van der Waals surface area contributed by atoms with Gasteiger partial charge in [-0.2, -0.15) is 10.2 Å². The van der Waals surface area contributed by atoms with Gasteiger partial charge in [-0.3, -0.25) is 9.80 Å². The van der Waals surface area contributed by atoms with E-state index in [0.717, 1.165) is 30.8 Å². The average Bonchev–Trinajstić information content (AvgIpc) is 3.41. The van der Waals surface area contributed by atoms with Crippen LogP contribution in [0.5, 0.6) is 0 Å². The molecule has 2 aliphatic rings. The van der Waals surface area contributed by atoms with Crippen molar-refractivity contribution in [2.45, 2.75) is 18.9 Å². The van der Waals surface area contributed by atoms with E-state index in [-0.39, 0.29) is 17.8 Å². The Morgan fingerprint density at radius 1 is 1.29 bits per heavy atom. The lowest BCUT2D eigenvalue weighted by atomic mass is 10.0. The zero-order valence-electron chi connectivity index (χ0n) is 17.1. The van der Waals surface area contributed by atoms with Crippen LogP contribution in [-0.2, 0) is 4.79 Å². The first kappa shape index (κ1) is 19.2. The van der Waals surface area contributed by atoms with E-state index in [1.54, 1.807) is 33.9 Å². The zero-order chi connectivity index (χ0) is 21.4. The number of hydrogen-bond donors (Lipinski definition) is 1. The number of hydrogen-bond acceptors (Lipinski definition) is 6. The molecule has 0 aliphatic carbocycles. The highest BCUT2D eigenvalue weighted by atomic mass is 19.1. The van der Waals surface area contributed by atoms with Gasteiger partial charge in [0.05, 0.1) is 18.8 Å². The highest BCUT2D eigenvalue weighted by Gasteiger charge is 2.28. The summed E-state index contributed by atoms with van der Waals surface area (Å²) in [5.41, 5.74) is 2.32. The molecule has 0 bridgehead atoms. The number of carbonyl (C=O) groups is 1. The Kier molecular flexibility index (Phi) is 4.85. The molecule has 1 saturated heterocycles. The van der Waals surface area contributed by atoms with E-state index in [2.05, 4.69) is 20.4 Å². The molecule has 8 nitrogen and oxygen atoms in total. The largest absolute Gasteiger partial charge is 0.349 e. The molecular weight excluding hydrogens is 397 g/mol. The molecule has 9 heteroatoms. The number of hydrazone groups is 1. The number of rotatable bonds is 4. The number of carbonyl (C=O) groups excluding carboxylic acids is 1. The van der Waals surface area contributed by atoms with Gasteiger partial charge in [0.25, 0.3) is 5.91 Å². The molecule has 5 rings (SSSR count). The fraction of sp³-hybridized carbons (Fsp3) is 0.273. The van der Waals surface area contributed by atoms with Crippen molar-refractivity contribution in [3.05, 3.63) is 66.3 Å². The summed E-state index contributed by atoms with van der Waals surface area (Å²) in [6.07, 6.45) is 8.91. The first-order valence-corrected chi connectivity index (χ1v) is 10.2. The molecule has 0 unspecified atom stereocenters. The van der Waals surface area contributed by atoms with Crippen molar-refractivity contribution in [1.29, 1.82) is 0 Å². The SMILES string of the molecule is CN1CC=CC(C(=O)Nc2cnn3ccc(N4CCC[C@@H]4c4cccc(F)c4)nc23)=N1. The molecule has 1 aromatic carbocycles. The summed E-state index contributed by atoms with van der Waals surface area (Å²) < 4.78 is 15.4. The van der Waals surface area contributed by atoms with Gasteiger partial charge >= 0.3 is 0 Å². The van der Waals surface area contributed by atoms with Crippen molar-refractivity contribution < 1.29 is 9.18 Å². The molecule has 2 aromatic heterocycles. The van der Waals surface area contributed by atoms with Gasteiger partial charge in [0.2, 0.25) is 0 Å². The smallest absolute Gasteiger partial charge is 0.276 e. The number of amides is 1. The van der Waals surface area contributed by atoms with Gasteiger partial charge in [-0.15, -0.1) is 0 Å². The normalized spacial score (nSPS) is 18.5. The summed E-state index contributed by atoms with van der Waals surface area (Å²) in [5, 5.41) is 13.1. The van der Waals surface area contributed by atoms with Crippen molar-refractivity contribution in [2.75, 3.05) is 30.4 Å². The number of halogens is 1. The number of nitrogens with one attached hydrogen (secondary N) is 1. The third-order valence-electron chi connectivity index (χ3n) is 5.54. The van der Waals surface area contributed by atoms with Crippen LogP contribution in [0.25, 0.3) is 5.65 Å². The Hall–Kier alpha value is -3.75. The van der Waals surface area contributed by atoms with E-state index in [1.807, 2.05) is 31.5 Å². The average molecular weight is 419 g/mol. The van der Waals surface area contributed by atoms with Crippen LogP contribution in [0, 0.1) is 5.82 Å². The van der Waals surface area contributed by atoms with Crippen LogP contribution in [-0.4, -0.2) is 51.4 Å². The number of benzene rings is 1. The van der Waals surface area contributed by atoms with Crippen molar-refractivity contribution in [3.63, 3.8) is 0 Å². The van der Waals surface area contributed by atoms with Crippen LogP contribution < -0.4 is 10.2 Å². The second kappa shape index (κ2) is 7.82. The lowest BCUT2D eigenvalue weighted by Crippen LogP contribution is -2.27. The minimum atomic E-state index is -0.316. The zero-order valence-corrected chi connectivity index (χ0v) is 17.1. The third-order valence-corrected chi connectivity index (χ3v) is 5.54. The molecule has 158 valence electrons. The van der Waals surface area contributed by atoms with E-state index in [9.17, 15) is 9.18 Å². The maximum absolute atomic E-state index is 13.8. The molecule has 1 atom stereocenters. The van der Waals surface area contributed by atoms with Gasteiger partial charge in [0.1, 0.15) is 23.0 Å². The predicted octanol–water partition coefficient (Wildman–Crippen LogP) is 3.01. The highest BCUT2D eigenvalue weighted by molar-refractivity contribution is 6.47. The van der Waals surface area contributed by atoms with E-state index in [1.165, 1.54) is 6.07 Å². The number of aromatic nitrogens is 3. The molecule has 31 heavy (non-hydrogen) atoms. The number of likely N-dealkylation sites (N-methyl/N-ethyl adjacent to an activating group) is 1. The van der Waals surface area contributed by atoms with Crippen LogP contribution in [0.1, 0.15) is 24.4 Å². The maximum atomic E-state index is 13.8. The second-order valence-electron chi connectivity index (χ2n) is 7.70. The molecule has 1 N–H and O–H groups in total. The Labute approximate surface area is 178 Å². The quantitative estimate of drug-likeness (QED) is 0.703. The fourth-order valence-electron chi connectivity index (χ4n) is 4.09. The lowest BCUT2D eigenvalue weighted by molar-refractivity contribution is -0.110. The maximum Gasteiger partial charge on any atom is 0.276 e. The summed E-state index contributed by atoms with van der Waals surface area (Å²) in [5.74, 6) is 0.215. The molecule has 0 spiro atoms.